The SMILES string of the molecule is CC(Nc1ccnc(N(C)C)n1)c1ccc(F)cc1. The van der Waals surface area contributed by atoms with Crippen molar-refractivity contribution >= 4 is 11.8 Å². The molecule has 0 radical (unpaired) electrons. The third-order valence-corrected chi connectivity index (χ3v) is 2.78. The van der Waals surface area contributed by atoms with Gasteiger partial charge in [0.2, 0.25) is 5.95 Å². The lowest BCUT2D eigenvalue weighted by Crippen LogP contribution is -2.14. The van der Waals surface area contributed by atoms with Gasteiger partial charge in [0.05, 0.1) is 0 Å². The highest BCUT2D eigenvalue weighted by molar-refractivity contribution is 5.42. The molecule has 0 aliphatic rings. The van der Waals surface area contributed by atoms with Gasteiger partial charge in [0.25, 0.3) is 0 Å². The largest absolute Gasteiger partial charge is 0.363 e. The van der Waals surface area contributed by atoms with E-state index in [2.05, 4.69) is 15.3 Å². The summed E-state index contributed by atoms with van der Waals surface area (Å²) in [5.41, 5.74) is 1.01. The molecule has 1 aromatic carbocycles. The summed E-state index contributed by atoms with van der Waals surface area (Å²) in [5.74, 6) is 1.17. The van der Waals surface area contributed by atoms with Crippen LogP contribution in [0.5, 0.6) is 0 Å². The maximum absolute atomic E-state index is 12.9. The molecule has 0 aliphatic heterocycles. The highest BCUT2D eigenvalue weighted by atomic mass is 19.1. The molecule has 1 N–H and O–H groups in total. The van der Waals surface area contributed by atoms with E-state index in [9.17, 15) is 4.39 Å². The number of rotatable bonds is 4. The summed E-state index contributed by atoms with van der Waals surface area (Å²) in [7, 11) is 3.78. The monoisotopic (exact) mass is 260 g/mol. The van der Waals surface area contributed by atoms with Crippen molar-refractivity contribution in [3.8, 4) is 0 Å². The van der Waals surface area contributed by atoms with Crippen LogP contribution in [0.1, 0.15) is 18.5 Å². The lowest BCUT2D eigenvalue weighted by atomic mass is 10.1. The van der Waals surface area contributed by atoms with E-state index in [-0.39, 0.29) is 11.9 Å². The van der Waals surface area contributed by atoms with Gasteiger partial charge < -0.3 is 10.2 Å². The highest BCUT2D eigenvalue weighted by Crippen LogP contribution is 2.18. The van der Waals surface area contributed by atoms with Gasteiger partial charge in [-0.15, -0.1) is 0 Å². The van der Waals surface area contributed by atoms with Gasteiger partial charge in [-0.3, -0.25) is 0 Å². The third-order valence-electron chi connectivity index (χ3n) is 2.78. The van der Waals surface area contributed by atoms with Crippen LogP contribution in [0.4, 0.5) is 16.2 Å². The predicted octanol–water partition coefficient (Wildman–Crippen LogP) is 2.85. The van der Waals surface area contributed by atoms with Crippen molar-refractivity contribution in [1.29, 1.82) is 0 Å². The molecular weight excluding hydrogens is 243 g/mol. The van der Waals surface area contributed by atoms with Crippen LogP contribution < -0.4 is 10.2 Å². The van der Waals surface area contributed by atoms with E-state index >= 15 is 0 Å². The molecule has 0 saturated carbocycles. The van der Waals surface area contributed by atoms with Crippen molar-refractivity contribution in [1.82, 2.24) is 9.97 Å². The van der Waals surface area contributed by atoms with Crippen molar-refractivity contribution in [2.75, 3.05) is 24.3 Å². The van der Waals surface area contributed by atoms with Gasteiger partial charge in [-0.1, -0.05) is 12.1 Å². The molecule has 2 aromatic rings. The average Bonchev–Trinajstić information content (AvgIpc) is 2.39. The Bertz CT molecular complexity index is 539. The Morgan fingerprint density at radius 1 is 1.16 bits per heavy atom. The average molecular weight is 260 g/mol. The summed E-state index contributed by atoms with van der Waals surface area (Å²) < 4.78 is 12.9. The van der Waals surface area contributed by atoms with Crippen LogP contribution in [0.2, 0.25) is 0 Å². The van der Waals surface area contributed by atoms with Gasteiger partial charge >= 0.3 is 0 Å². The van der Waals surface area contributed by atoms with Gasteiger partial charge in [-0.2, -0.15) is 4.98 Å². The lowest BCUT2D eigenvalue weighted by molar-refractivity contribution is 0.626. The Balaban J connectivity index is 2.12. The maximum Gasteiger partial charge on any atom is 0.226 e. The fourth-order valence-corrected chi connectivity index (χ4v) is 1.70. The Morgan fingerprint density at radius 3 is 2.47 bits per heavy atom. The summed E-state index contributed by atoms with van der Waals surface area (Å²) in [5, 5.41) is 3.27. The number of nitrogens with one attached hydrogen (secondary N) is 1. The molecule has 0 amide bonds. The number of benzene rings is 1. The molecule has 5 heteroatoms. The number of halogens is 1. The van der Waals surface area contributed by atoms with E-state index in [0.717, 1.165) is 11.4 Å². The minimum absolute atomic E-state index is 0.0468. The predicted molar refractivity (Wildman–Crippen MR) is 74.8 cm³/mol. The van der Waals surface area contributed by atoms with Crippen LogP contribution in [0, 0.1) is 5.82 Å². The van der Waals surface area contributed by atoms with Crippen molar-refractivity contribution in [3.05, 3.63) is 47.9 Å². The molecule has 0 spiro atoms. The second-order valence-corrected chi connectivity index (χ2v) is 4.55. The second-order valence-electron chi connectivity index (χ2n) is 4.55. The zero-order valence-electron chi connectivity index (χ0n) is 11.3. The van der Waals surface area contributed by atoms with E-state index in [1.807, 2.05) is 32.0 Å². The van der Waals surface area contributed by atoms with Crippen LogP contribution >= 0.6 is 0 Å². The Kier molecular flexibility index (Phi) is 3.94. The molecular formula is C14H17FN4. The third kappa shape index (κ3) is 3.40. The molecule has 0 fully saturated rings. The van der Waals surface area contributed by atoms with Gasteiger partial charge in [0, 0.05) is 26.3 Å². The smallest absolute Gasteiger partial charge is 0.226 e. The zero-order chi connectivity index (χ0) is 13.8. The second kappa shape index (κ2) is 5.65. The summed E-state index contributed by atoms with van der Waals surface area (Å²) in [6.07, 6.45) is 1.71. The van der Waals surface area contributed by atoms with Crippen LogP contribution in [0.3, 0.4) is 0 Å². The van der Waals surface area contributed by atoms with Gasteiger partial charge in [-0.05, 0) is 30.7 Å². The zero-order valence-corrected chi connectivity index (χ0v) is 11.3. The first-order valence-electron chi connectivity index (χ1n) is 6.08. The van der Waals surface area contributed by atoms with E-state index in [1.54, 1.807) is 18.3 Å². The van der Waals surface area contributed by atoms with Crippen molar-refractivity contribution in [3.63, 3.8) is 0 Å². The Hall–Kier alpha value is -2.17. The summed E-state index contributed by atoms with van der Waals surface area (Å²) in [6.45, 7) is 2.00. The summed E-state index contributed by atoms with van der Waals surface area (Å²) in [6, 6.07) is 8.30. The lowest BCUT2D eigenvalue weighted by Gasteiger charge is -2.16. The maximum atomic E-state index is 12.9. The van der Waals surface area contributed by atoms with Crippen LogP contribution in [0.15, 0.2) is 36.5 Å². The van der Waals surface area contributed by atoms with E-state index in [4.69, 9.17) is 0 Å². The number of anilines is 2. The quantitative estimate of drug-likeness (QED) is 0.917. The van der Waals surface area contributed by atoms with E-state index in [1.165, 1.54) is 12.1 Å². The first-order valence-corrected chi connectivity index (χ1v) is 6.08. The number of nitrogens with zero attached hydrogens (tertiary/aromatic N) is 3. The summed E-state index contributed by atoms with van der Waals surface area (Å²) >= 11 is 0. The standard InChI is InChI=1S/C14H17FN4/c1-10(11-4-6-12(15)7-5-11)17-13-8-9-16-14(18-13)19(2)3/h4-10H,1-3H3,(H,16,17,18). The minimum Gasteiger partial charge on any atom is -0.363 e. The van der Waals surface area contributed by atoms with Gasteiger partial charge in [-0.25, -0.2) is 9.37 Å². The molecule has 0 aliphatic carbocycles. The number of hydrogen-bond acceptors (Lipinski definition) is 4. The molecule has 0 saturated heterocycles. The molecule has 1 aromatic heterocycles. The van der Waals surface area contributed by atoms with Crippen LogP contribution in [-0.4, -0.2) is 24.1 Å². The molecule has 100 valence electrons. The minimum atomic E-state index is -0.229. The van der Waals surface area contributed by atoms with Crippen molar-refractivity contribution < 1.29 is 4.39 Å². The molecule has 1 atom stereocenters. The van der Waals surface area contributed by atoms with Gasteiger partial charge in [0.1, 0.15) is 11.6 Å². The molecule has 0 bridgehead atoms. The van der Waals surface area contributed by atoms with Crippen molar-refractivity contribution in [2.24, 2.45) is 0 Å². The fourth-order valence-electron chi connectivity index (χ4n) is 1.70. The Labute approximate surface area is 112 Å². The molecule has 2 rings (SSSR count). The van der Waals surface area contributed by atoms with E-state index < -0.39 is 0 Å². The number of hydrogen-bond donors (Lipinski definition) is 1. The van der Waals surface area contributed by atoms with Crippen LogP contribution in [-0.2, 0) is 0 Å². The van der Waals surface area contributed by atoms with Gasteiger partial charge in [0.15, 0.2) is 0 Å². The van der Waals surface area contributed by atoms with Crippen molar-refractivity contribution in [2.45, 2.75) is 13.0 Å². The molecule has 4 nitrogen and oxygen atoms in total. The normalized spacial score (nSPS) is 12.0. The number of aromatic nitrogens is 2. The van der Waals surface area contributed by atoms with Crippen LogP contribution in [0.25, 0.3) is 0 Å². The summed E-state index contributed by atoms with van der Waals surface area (Å²) in [4.78, 5) is 10.4. The topological polar surface area (TPSA) is 41.1 Å². The fraction of sp³-hybridized carbons (Fsp3) is 0.286. The highest BCUT2D eigenvalue weighted by Gasteiger charge is 2.07. The first-order chi connectivity index (χ1) is 9.06. The molecule has 19 heavy (non-hydrogen) atoms. The Morgan fingerprint density at radius 2 is 1.84 bits per heavy atom. The van der Waals surface area contributed by atoms with E-state index in [0.29, 0.717) is 5.95 Å². The first kappa shape index (κ1) is 13.3. The molecule has 1 heterocycles. The molecule has 1 unspecified atom stereocenters.